The largest absolute Gasteiger partial charge is 0.367 e. The second-order valence-corrected chi connectivity index (χ2v) is 5.25. The molecule has 0 aromatic carbocycles. The summed E-state index contributed by atoms with van der Waals surface area (Å²) >= 11 is 0. The number of nitrogens with one attached hydrogen (secondary N) is 1. The average Bonchev–Trinajstić information content (AvgIpc) is 2.35. The summed E-state index contributed by atoms with van der Waals surface area (Å²) in [7, 11) is 0. The van der Waals surface area contributed by atoms with Crippen LogP contribution in [0.25, 0.3) is 0 Å². The Kier molecular flexibility index (Phi) is 5.47. The van der Waals surface area contributed by atoms with Crippen molar-refractivity contribution < 1.29 is 4.39 Å². The maximum atomic E-state index is 13.9. The third-order valence-corrected chi connectivity index (χ3v) is 2.99. The molecule has 0 saturated heterocycles. The predicted octanol–water partition coefficient (Wildman–Crippen LogP) is 2.36. The fraction of sp³-hybridized carbons (Fsp3) is 0.692. The van der Waals surface area contributed by atoms with E-state index in [2.05, 4.69) is 29.1 Å². The van der Waals surface area contributed by atoms with E-state index in [9.17, 15) is 4.39 Å². The zero-order valence-corrected chi connectivity index (χ0v) is 11.5. The summed E-state index contributed by atoms with van der Waals surface area (Å²) in [5.41, 5.74) is 6.03. The van der Waals surface area contributed by atoms with Crippen LogP contribution in [0.4, 0.5) is 10.2 Å². The Hall–Kier alpha value is -1.23. The molecule has 1 rings (SSSR count). The molecular weight excluding hydrogens is 231 g/mol. The molecule has 0 atom stereocenters. The van der Waals surface area contributed by atoms with Crippen molar-refractivity contribution in [1.82, 2.24) is 9.97 Å². The summed E-state index contributed by atoms with van der Waals surface area (Å²) in [6.07, 6.45) is 3.95. The highest BCUT2D eigenvalue weighted by Crippen LogP contribution is 2.23. The van der Waals surface area contributed by atoms with Gasteiger partial charge in [-0.2, -0.15) is 0 Å². The molecule has 0 radical (unpaired) electrons. The lowest BCUT2D eigenvalue weighted by molar-refractivity contribution is 0.349. The molecule has 0 fully saturated rings. The first-order valence-electron chi connectivity index (χ1n) is 6.43. The number of nitrogens with two attached hydrogens (primary N) is 1. The Labute approximate surface area is 108 Å². The third kappa shape index (κ3) is 4.22. The highest BCUT2D eigenvalue weighted by molar-refractivity contribution is 5.37. The minimum atomic E-state index is -0.338. The van der Waals surface area contributed by atoms with Crippen LogP contribution in [0, 0.1) is 11.2 Å². The lowest BCUT2D eigenvalue weighted by Gasteiger charge is -2.25. The number of aryl methyl sites for hydroxylation is 1. The zero-order valence-electron chi connectivity index (χ0n) is 11.5. The van der Waals surface area contributed by atoms with Gasteiger partial charge in [-0.25, -0.2) is 14.4 Å². The SMILES string of the molecule is CCc1ncnc(NCC(C)(C)CCCN)c1F. The van der Waals surface area contributed by atoms with Gasteiger partial charge in [0.25, 0.3) is 0 Å². The highest BCUT2D eigenvalue weighted by Gasteiger charge is 2.18. The van der Waals surface area contributed by atoms with Gasteiger partial charge < -0.3 is 11.1 Å². The number of hydrogen-bond acceptors (Lipinski definition) is 4. The standard InChI is InChI=1S/C13H23FN4/c1-4-10-11(14)12(18-9-17-10)16-8-13(2,3)6-5-7-15/h9H,4-8,15H2,1-3H3,(H,16,17,18). The van der Waals surface area contributed by atoms with Crippen molar-refractivity contribution in [3.63, 3.8) is 0 Å². The van der Waals surface area contributed by atoms with E-state index in [0.717, 1.165) is 12.8 Å². The van der Waals surface area contributed by atoms with Crippen molar-refractivity contribution in [2.24, 2.45) is 11.1 Å². The molecule has 3 N–H and O–H groups in total. The molecule has 4 nitrogen and oxygen atoms in total. The van der Waals surface area contributed by atoms with Crippen LogP contribution in [0.5, 0.6) is 0 Å². The number of nitrogens with zero attached hydrogens (tertiary/aromatic N) is 2. The number of hydrogen-bond donors (Lipinski definition) is 2. The van der Waals surface area contributed by atoms with E-state index in [4.69, 9.17) is 5.73 Å². The topological polar surface area (TPSA) is 63.8 Å². The van der Waals surface area contributed by atoms with E-state index in [1.165, 1.54) is 6.33 Å². The summed E-state index contributed by atoms with van der Waals surface area (Å²) < 4.78 is 13.9. The van der Waals surface area contributed by atoms with Crippen molar-refractivity contribution in [2.45, 2.75) is 40.0 Å². The lowest BCUT2D eigenvalue weighted by atomic mass is 9.88. The molecule has 0 unspecified atom stereocenters. The van der Waals surface area contributed by atoms with Crippen molar-refractivity contribution in [1.29, 1.82) is 0 Å². The molecule has 0 aliphatic carbocycles. The van der Waals surface area contributed by atoms with Crippen LogP contribution in [-0.2, 0) is 6.42 Å². The highest BCUT2D eigenvalue weighted by atomic mass is 19.1. The first kappa shape index (κ1) is 14.8. The Balaban J connectivity index is 2.63. The van der Waals surface area contributed by atoms with Crippen LogP contribution in [0.2, 0.25) is 0 Å². The van der Waals surface area contributed by atoms with Gasteiger partial charge in [0.1, 0.15) is 6.33 Å². The molecule has 102 valence electrons. The molecule has 0 bridgehead atoms. The van der Waals surface area contributed by atoms with E-state index in [1.807, 2.05) is 6.92 Å². The summed E-state index contributed by atoms with van der Waals surface area (Å²) in [5, 5.41) is 3.07. The summed E-state index contributed by atoms with van der Waals surface area (Å²) in [4.78, 5) is 7.86. The van der Waals surface area contributed by atoms with E-state index in [1.54, 1.807) is 0 Å². The molecule has 0 aliphatic rings. The number of aromatic nitrogens is 2. The molecule has 0 amide bonds. The van der Waals surface area contributed by atoms with Crippen LogP contribution < -0.4 is 11.1 Å². The van der Waals surface area contributed by atoms with E-state index in [-0.39, 0.29) is 11.2 Å². The van der Waals surface area contributed by atoms with Crippen molar-refractivity contribution in [3.05, 3.63) is 17.8 Å². The third-order valence-electron chi connectivity index (χ3n) is 2.99. The van der Waals surface area contributed by atoms with Crippen LogP contribution in [0.3, 0.4) is 0 Å². The number of halogens is 1. The quantitative estimate of drug-likeness (QED) is 0.784. The second kappa shape index (κ2) is 6.64. The molecule has 1 aromatic heterocycles. The fourth-order valence-electron chi connectivity index (χ4n) is 1.77. The predicted molar refractivity (Wildman–Crippen MR) is 71.9 cm³/mol. The average molecular weight is 254 g/mol. The minimum absolute atomic E-state index is 0.0726. The normalized spacial score (nSPS) is 11.6. The van der Waals surface area contributed by atoms with Crippen LogP contribution in [-0.4, -0.2) is 23.1 Å². The molecule has 1 aromatic rings. The van der Waals surface area contributed by atoms with Crippen molar-refractivity contribution in [2.75, 3.05) is 18.4 Å². The number of rotatable bonds is 7. The molecule has 0 aliphatic heterocycles. The summed E-state index contributed by atoms with van der Waals surface area (Å²) in [6, 6.07) is 0. The van der Waals surface area contributed by atoms with E-state index >= 15 is 0 Å². The Morgan fingerprint density at radius 2 is 2.11 bits per heavy atom. The van der Waals surface area contributed by atoms with Gasteiger partial charge in [-0.15, -0.1) is 0 Å². The monoisotopic (exact) mass is 254 g/mol. The van der Waals surface area contributed by atoms with Gasteiger partial charge >= 0.3 is 0 Å². The van der Waals surface area contributed by atoms with Crippen LogP contribution in [0.1, 0.15) is 39.3 Å². The van der Waals surface area contributed by atoms with Gasteiger partial charge in [0.15, 0.2) is 11.6 Å². The minimum Gasteiger partial charge on any atom is -0.367 e. The van der Waals surface area contributed by atoms with Gasteiger partial charge in [0.2, 0.25) is 0 Å². The maximum absolute atomic E-state index is 13.9. The van der Waals surface area contributed by atoms with Gasteiger partial charge in [0, 0.05) is 6.54 Å². The Morgan fingerprint density at radius 1 is 1.39 bits per heavy atom. The second-order valence-electron chi connectivity index (χ2n) is 5.25. The molecule has 0 spiro atoms. The lowest BCUT2D eigenvalue weighted by Crippen LogP contribution is -2.25. The van der Waals surface area contributed by atoms with Gasteiger partial charge in [0.05, 0.1) is 5.69 Å². The summed E-state index contributed by atoms with van der Waals surface area (Å²) in [6.45, 7) is 7.50. The van der Waals surface area contributed by atoms with Crippen molar-refractivity contribution in [3.8, 4) is 0 Å². The van der Waals surface area contributed by atoms with Crippen molar-refractivity contribution >= 4 is 5.82 Å². The Bertz CT molecular complexity index is 379. The summed E-state index contributed by atoms with van der Waals surface area (Å²) in [5.74, 6) is -0.0442. The smallest absolute Gasteiger partial charge is 0.186 e. The first-order valence-corrected chi connectivity index (χ1v) is 6.43. The van der Waals surface area contributed by atoms with Gasteiger partial charge in [-0.1, -0.05) is 20.8 Å². The first-order chi connectivity index (χ1) is 8.50. The van der Waals surface area contributed by atoms with E-state index < -0.39 is 0 Å². The number of anilines is 1. The zero-order chi connectivity index (χ0) is 13.6. The molecule has 5 heteroatoms. The molecule has 18 heavy (non-hydrogen) atoms. The van der Waals surface area contributed by atoms with E-state index in [0.29, 0.717) is 31.0 Å². The maximum Gasteiger partial charge on any atom is 0.186 e. The molecule has 1 heterocycles. The van der Waals surface area contributed by atoms with Crippen LogP contribution in [0.15, 0.2) is 6.33 Å². The van der Waals surface area contributed by atoms with Gasteiger partial charge in [-0.05, 0) is 31.2 Å². The fourth-order valence-corrected chi connectivity index (χ4v) is 1.77. The Morgan fingerprint density at radius 3 is 2.72 bits per heavy atom. The molecule has 0 saturated carbocycles. The van der Waals surface area contributed by atoms with Crippen LogP contribution >= 0.6 is 0 Å². The molecular formula is C13H23FN4. The van der Waals surface area contributed by atoms with Gasteiger partial charge in [-0.3, -0.25) is 0 Å².